The van der Waals surface area contributed by atoms with E-state index >= 15 is 0 Å². The zero-order valence-electron chi connectivity index (χ0n) is 6.25. The van der Waals surface area contributed by atoms with Crippen LogP contribution in [0.3, 0.4) is 0 Å². The summed E-state index contributed by atoms with van der Waals surface area (Å²) in [5.74, 6) is -0.228. The van der Waals surface area contributed by atoms with Gasteiger partial charge in [0.25, 0.3) is 0 Å². The van der Waals surface area contributed by atoms with E-state index in [1.807, 2.05) is 0 Å². The minimum atomic E-state index is -0.433. The maximum Gasteiger partial charge on any atom is 0.174 e. The monoisotopic (exact) mass is 166 g/mol. The molecule has 3 nitrogen and oxygen atoms in total. The van der Waals surface area contributed by atoms with Crippen LogP contribution in [0.2, 0.25) is 0 Å². The fourth-order valence-corrected chi connectivity index (χ4v) is 0.743. The standard InChI is InChI=1S/C8H7FN2O/c9-6-1-2-7(11)8(5-6)12-4-3-10/h1-2,5H,4,11H2. The van der Waals surface area contributed by atoms with Gasteiger partial charge in [-0.15, -0.1) is 0 Å². The van der Waals surface area contributed by atoms with Crippen molar-refractivity contribution in [2.24, 2.45) is 0 Å². The Morgan fingerprint density at radius 3 is 3.00 bits per heavy atom. The van der Waals surface area contributed by atoms with Gasteiger partial charge in [-0.3, -0.25) is 0 Å². The molecule has 0 fully saturated rings. The van der Waals surface area contributed by atoms with Gasteiger partial charge in [0.1, 0.15) is 17.6 Å². The Kier molecular flexibility index (Phi) is 2.49. The normalized spacial score (nSPS) is 9.00. The van der Waals surface area contributed by atoms with E-state index in [2.05, 4.69) is 0 Å². The SMILES string of the molecule is N#CCOc1cc(F)ccc1N. The summed E-state index contributed by atoms with van der Waals surface area (Å²) in [7, 11) is 0. The average molecular weight is 166 g/mol. The van der Waals surface area contributed by atoms with E-state index in [-0.39, 0.29) is 12.4 Å². The Morgan fingerprint density at radius 1 is 1.58 bits per heavy atom. The number of halogens is 1. The molecular formula is C8H7FN2O. The Labute approximate surface area is 69.2 Å². The third-order valence-electron chi connectivity index (χ3n) is 1.27. The molecule has 0 saturated heterocycles. The molecule has 0 radical (unpaired) electrons. The van der Waals surface area contributed by atoms with Gasteiger partial charge in [-0.1, -0.05) is 0 Å². The zero-order valence-corrected chi connectivity index (χ0v) is 6.25. The maximum atomic E-state index is 12.6. The van der Waals surface area contributed by atoms with Gasteiger partial charge in [0, 0.05) is 6.07 Å². The lowest BCUT2D eigenvalue weighted by Gasteiger charge is -2.04. The second-order valence-electron chi connectivity index (χ2n) is 2.13. The summed E-state index contributed by atoms with van der Waals surface area (Å²) in [5.41, 5.74) is 5.75. The Balaban J connectivity index is 2.84. The maximum absolute atomic E-state index is 12.6. The molecule has 12 heavy (non-hydrogen) atoms. The first kappa shape index (κ1) is 8.34. The van der Waals surface area contributed by atoms with Crippen LogP contribution in [0.25, 0.3) is 0 Å². The van der Waals surface area contributed by atoms with Crippen molar-refractivity contribution in [3.05, 3.63) is 24.0 Å². The number of rotatable bonds is 2. The number of nitrogens with two attached hydrogens (primary N) is 1. The van der Waals surface area contributed by atoms with Crippen molar-refractivity contribution in [2.45, 2.75) is 0 Å². The van der Waals surface area contributed by atoms with Gasteiger partial charge in [0.15, 0.2) is 6.61 Å². The van der Waals surface area contributed by atoms with E-state index in [4.69, 9.17) is 15.7 Å². The van der Waals surface area contributed by atoms with Gasteiger partial charge < -0.3 is 10.5 Å². The van der Waals surface area contributed by atoms with Crippen molar-refractivity contribution >= 4 is 5.69 Å². The summed E-state index contributed by atoms with van der Waals surface area (Å²) in [6, 6.07) is 5.53. The predicted molar refractivity (Wildman–Crippen MR) is 41.9 cm³/mol. The van der Waals surface area contributed by atoms with Gasteiger partial charge in [0.2, 0.25) is 0 Å². The van der Waals surface area contributed by atoms with Crippen LogP contribution < -0.4 is 10.5 Å². The molecule has 2 N–H and O–H groups in total. The third-order valence-corrected chi connectivity index (χ3v) is 1.27. The van der Waals surface area contributed by atoms with Gasteiger partial charge in [0.05, 0.1) is 5.69 Å². The minimum Gasteiger partial charge on any atom is -0.476 e. The molecule has 0 atom stereocenters. The van der Waals surface area contributed by atoms with Gasteiger partial charge in [-0.25, -0.2) is 4.39 Å². The Hall–Kier alpha value is -1.76. The lowest BCUT2D eigenvalue weighted by molar-refractivity contribution is 0.368. The van der Waals surface area contributed by atoms with Gasteiger partial charge >= 0.3 is 0 Å². The molecule has 0 aliphatic heterocycles. The molecule has 0 unspecified atom stereocenters. The number of hydrogen-bond donors (Lipinski definition) is 1. The molecule has 0 spiro atoms. The third kappa shape index (κ3) is 1.86. The van der Waals surface area contributed by atoms with Gasteiger partial charge in [-0.2, -0.15) is 5.26 Å². The number of nitrogen functional groups attached to an aromatic ring is 1. The summed E-state index contributed by atoms with van der Waals surface area (Å²) in [4.78, 5) is 0. The lowest BCUT2D eigenvalue weighted by atomic mass is 10.3. The van der Waals surface area contributed by atoms with Crippen molar-refractivity contribution < 1.29 is 9.13 Å². The molecule has 0 bridgehead atoms. The highest BCUT2D eigenvalue weighted by Gasteiger charge is 2.00. The van der Waals surface area contributed by atoms with E-state index in [0.717, 1.165) is 6.07 Å². The summed E-state index contributed by atoms with van der Waals surface area (Å²) in [6.45, 7) is -0.131. The fraction of sp³-hybridized carbons (Fsp3) is 0.125. The molecule has 0 aromatic heterocycles. The smallest absolute Gasteiger partial charge is 0.174 e. The van der Waals surface area contributed by atoms with E-state index in [0.29, 0.717) is 5.69 Å². The van der Waals surface area contributed by atoms with Crippen LogP contribution in [0, 0.1) is 17.1 Å². The summed E-state index contributed by atoms with van der Waals surface area (Å²) < 4.78 is 17.4. The van der Waals surface area contributed by atoms with Crippen LogP contribution in [0.5, 0.6) is 5.75 Å². The summed E-state index contributed by atoms with van der Waals surface area (Å²) in [6.07, 6.45) is 0. The zero-order chi connectivity index (χ0) is 8.97. The van der Waals surface area contributed by atoms with Crippen LogP contribution >= 0.6 is 0 Å². The Morgan fingerprint density at radius 2 is 2.33 bits per heavy atom. The molecule has 1 aromatic carbocycles. The molecule has 0 amide bonds. The highest BCUT2D eigenvalue weighted by molar-refractivity contribution is 5.52. The first-order chi connectivity index (χ1) is 5.74. The van der Waals surface area contributed by atoms with Crippen molar-refractivity contribution in [3.8, 4) is 11.8 Å². The first-order valence-corrected chi connectivity index (χ1v) is 3.29. The molecule has 62 valence electrons. The second-order valence-corrected chi connectivity index (χ2v) is 2.13. The average Bonchev–Trinajstić information content (AvgIpc) is 2.07. The van der Waals surface area contributed by atoms with Crippen LogP contribution in [-0.4, -0.2) is 6.61 Å². The fourth-order valence-electron chi connectivity index (χ4n) is 0.743. The summed E-state index contributed by atoms with van der Waals surface area (Å²) in [5, 5.41) is 8.18. The largest absolute Gasteiger partial charge is 0.476 e. The van der Waals surface area contributed by atoms with E-state index in [1.165, 1.54) is 12.1 Å². The molecule has 4 heteroatoms. The van der Waals surface area contributed by atoms with Crippen molar-refractivity contribution in [1.29, 1.82) is 5.26 Å². The van der Waals surface area contributed by atoms with E-state index in [9.17, 15) is 4.39 Å². The first-order valence-electron chi connectivity index (χ1n) is 3.29. The summed E-state index contributed by atoms with van der Waals surface area (Å²) >= 11 is 0. The molecule has 0 saturated carbocycles. The van der Waals surface area contributed by atoms with Crippen molar-refractivity contribution in [3.63, 3.8) is 0 Å². The minimum absolute atomic E-state index is 0.131. The Bertz CT molecular complexity index is 319. The quantitative estimate of drug-likeness (QED) is 0.674. The van der Waals surface area contributed by atoms with Crippen LogP contribution in [-0.2, 0) is 0 Å². The van der Waals surface area contributed by atoms with E-state index in [1.54, 1.807) is 6.07 Å². The number of ether oxygens (including phenoxy) is 1. The molecule has 0 aliphatic carbocycles. The van der Waals surface area contributed by atoms with Crippen molar-refractivity contribution in [2.75, 3.05) is 12.3 Å². The topological polar surface area (TPSA) is 59.0 Å². The van der Waals surface area contributed by atoms with Crippen molar-refractivity contribution in [1.82, 2.24) is 0 Å². The predicted octanol–water partition coefficient (Wildman–Crippen LogP) is 1.31. The number of nitrogens with zero attached hydrogens (tertiary/aromatic N) is 1. The molecular weight excluding hydrogens is 159 g/mol. The highest BCUT2D eigenvalue weighted by atomic mass is 19.1. The second kappa shape index (κ2) is 3.58. The van der Waals surface area contributed by atoms with Crippen LogP contribution in [0.1, 0.15) is 0 Å². The molecule has 0 heterocycles. The molecule has 1 aromatic rings. The lowest BCUT2D eigenvalue weighted by Crippen LogP contribution is -1.98. The van der Waals surface area contributed by atoms with E-state index < -0.39 is 5.82 Å². The number of anilines is 1. The molecule has 0 aliphatic rings. The number of hydrogen-bond acceptors (Lipinski definition) is 3. The molecule has 1 rings (SSSR count). The van der Waals surface area contributed by atoms with Gasteiger partial charge in [-0.05, 0) is 12.1 Å². The highest BCUT2D eigenvalue weighted by Crippen LogP contribution is 2.21. The number of nitriles is 1. The van der Waals surface area contributed by atoms with Crippen LogP contribution in [0.4, 0.5) is 10.1 Å². The van der Waals surface area contributed by atoms with Crippen LogP contribution in [0.15, 0.2) is 18.2 Å². The number of benzene rings is 1.